The van der Waals surface area contributed by atoms with Gasteiger partial charge in [-0.2, -0.15) is 13.2 Å². The molecule has 0 saturated heterocycles. The molecule has 0 fully saturated rings. The van der Waals surface area contributed by atoms with Crippen molar-refractivity contribution in [1.29, 1.82) is 0 Å². The summed E-state index contributed by atoms with van der Waals surface area (Å²) in [6, 6.07) is 21.3. The van der Waals surface area contributed by atoms with Gasteiger partial charge in [0.1, 0.15) is 0 Å². The van der Waals surface area contributed by atoms with Gasteiger partial charge in [-0.05, 0) is 52.6 Å². The highest BCUT2D eigenvalue weighted by atomic mass is 19.4. The maximum atomic E-state index is 13.8. The van der Waals surface area contributed by atoms with Crippen molar-refractivity contribution >= 4 is 10.8 Å². The number of rotatable bonds is 4. The summed E-state index contributed by atoms with van der Waals surface area (Å²) in [5, 5.41) is 1.92. The highest BCUT2D eigenvalue weighted by molar-refractivity contribution is 5.95. The van der Waals surface area contributed by atoms with Gasteiger partial charge < -0.3 is 0 Å². The van der Waals surface area contributed by atoms with Crippen molar-refractivity contribution in [3.63, 3.8) is 0 Å². The molecule has 1 nitrogen and oxygen atoms in total. The predicted molar refractivity (Wildman–Crippen MR) is 116 cm³/mol. The molecule has 1 unspecified atom stereocenters. The Labute approximate surface area is 174 Å². The van der Waals surface area contributed by atoms with Crippen LogP contribution in [0.15, 0.2) is 79.0 Å². The molecular weight excluding hydrogens is 383 g/mol. The quantitative estimate of drug-likeness (QED) is 0.334. The van der Waals surface area contributed by atoms with E-state index in [0.29, 0.717) is 22.7 Å². The van der Waals surface area contributed by atoms with Gasteiger partial charge in [-0.25, -0.2) is 0 Å². The highest BCUT2D eigenvalue weighted by Gasteiger charge is 2.34. The van der Waals surface area contributed by atoms with E-state index in [2.05, 4.69) is 18.8 Å². The Morgan fingerprint density at radius 3 is 2.27 bits per heavy atom. The zero-order valence-corrected chi connectivity index (χ0v) is 16.9. The summed E-state index contributed by atoms with van der Waals surface area (Å²) in [5.41, 5.74) is 2.56. The van der Waals surface area contributed by atoms with E-state index >= 15 is 0 Å². The number of alkyl halides is 3. The molecule has 0 spiro atoms. The molecule has 0 saturated carbocycles. The molecule has 30 heavy (non-hydrogen) atoms. The molecule has 4 aromatic rings. The highest BCUT2D eigenvalue weighted by Crippen LogP contribution is 2.40. The first-order valence-corrected chi connectivity index (χ1v) is 10.0. The van der Waals surface area contributed by atoms with Crippen LogP contribution in [0.1, 0.15) is 37.3 Å². The lowest BCUT2D eigenvalue weighted by Gasteiger charge is -2.16. The lowest BCUT2D eigenvalue weighted by atomic mass is 9.92. The summed E-state index contributed by atoms with van der Waals surface area (Å²) >= 11 is 0. The van der Waals surface area contributed by atoms with E-state index in [1.54, 1.807) is 24.4 Å². The number of pyridine rings is 1. The number of benzene rings is 3. The molecule has 1 atom stereocenters. The van der Waals surface area contributed by atoms with Crippen LogP contribution >= 0.6 is 0 Å². The van der Waals surface area contributed by atoms with E-state index < -0.39 is 11.7 Å². The normalized spacial score (nSPS) is 12.8. The third kappa shape index (κ3) is 3.82. The standard InChI is InChI=1S/C26H22F3N/c1-3-17(2)18-8-10-20(11-9-18)23-16-21(12-13-24(23)26(27,28)29)25-22-7-5-4-6-19(22)14-15-30-25/h4-17H,3H2,1-2H3. The van der Waals surface area contributed by atoms with E-state index in [1.165, 1.54) is 6.07 Å². The first kappa shape index (κ1) is 20.1. The number of aromatic nitrogens is 1. The summed E-state index contributed by atoms with van der Waals surface area (Å²) in [6.07, 6.45) is -1.76. The number of hydrogen-bond donors (Lipinski definition) is 0. The summed E-state index contributed by atoms with van der Waals surface area (Å²) in [5.74, 6) is 0.368. The summed E-state index contributed by atoms with van der Waals surface area (Å²) in [4.78, 5) is 4.47. The summed E-state index contributed by atoms with van der Waals surface area (Å²) in [7, 11) is 0. The molecule has 0 amide bonds. The molecule has 0 aliphatic heterocycles. The maximum Gasteiger partial charge on any atom is 0.417 e. The number of hydrogen-bond acceptors (Lipinski definition) is 1. The van der Waals surface area contributed by atoms with E-state index in [0.717, 1.165) is 28.8 Å². The van der Waals surface area contributed by atoms with Crippen molar-refractivity contribution in [3.8, 4) is 22.4 Å². The molecule has 3 aromatic carbocycles. The second kappa shape index (κ2) is 7.94. The molecule has 152 valence electrons. The molecule has 0 bridgehead atoms. The molecular formula is C26H22F3N. The lowest BCUT2D eigenvalue weighted by molar-refractivity contribution is -0.137. The van der Waals surface area contributed by atoms with Gasteiger partial charge in [0.25, 0.3) is 0 Å². The van der Waals surface area contributed by atoms with Crippen LogP contribution in [0.5, 0.6) is 0 Å². The Morgan fingerprint density at radius 2 is 1.57 bits per heavy atom. The largest absolute Gasteiger partial charge is 0.417 e. The predicted octanol–water partition coefficient (Wildman–Crippen LogP) is 8.10. The Bertz CT molecular complexity index is 1170. The maximum absolute atomic E-state index is 13.8. The fraction of sp³-hybridized carbons (Fsp3) is 0.192. The van der Waals surface area contributed by atoms with E-state index in [9.17, 15) is 13.2 Å². The average molecular weight is 405 g/mol. The second-order valence-electron chi connectivity index (χ2n) is 7.57. The minimum atomic E-state index is -4.44. The van der Waals surface area contributed by atoms with Gasteiger partial charge in [0.15, 0.2) is 0 Å². The van der Waals surface area contributed by atoms with E-state index in [1.807, 2.05) is 42.5 Å². The topological polar surface area (TPSA) is 12.9 Å². The Hall–Kier alpha value is -3.14. The third-order valence-corrected chi connectivity index (χ3v) is 5.68. The van der Waals surface area contributed by atoms with Crippen LogP contribution in [-0.2, 0) is 6.18 Å². The van der Waals surface area contributed by atoms with Crippen LogP contribution in [-0.4, -0.2) is 4.98 Å². The van der Waals surface area contributed by atoms with Crippen LogP contribution < -0.4 is 0 Å². The van der Waals surface area contributed by atoms with Crippen molar-refractivity contribution in [2.45, 2.75) is 32.4 Å². The number of fused-ring (bicyclic) bond motifs is 1. The van der Waals surface area contributed by atoms with Gasteiger partial charge in [0, 0.05) is 17.1 Å². The molecule has 1 aromatic heterocycles. The Morgan fingerprint density at radius 1 is 0.867 bits per heavy atom. The van der Waals surface area contributed by atoms with Gasteiger partial charge in [-0.15, -0.1) is 0 Å². The van der Waals surface area contributed by atoms with Crippen molar-refractivity contribution in [2.75, 3.05) is 0 Å². The average Bonchev–Trinajstić information content (AvgIpc) is 2.77. The van der Waals surface area contributed by atoms with Gasteiger partial charge >= 0.3 is 6.18 Å². The first-order valence-electron chi connectivity index (χ1n) is 10.0. The number of nitrogens with zero attached hydrogens (tertiary/aromatic N) is 1. The fourth-order valence-corrected chi connectivity index (χ4v) is 3.75. The molecule has 4 heteroatoms. The zero-order chi connectivity index (χ0) is 21.3. The van der Waals surface area contributed by atoms with Gasteiger partial charge in [0.05, 0.1) is 11.3 Å². The monoisotopic (exact) mass is 405 g/mol. The lowest BCUT2D eigenvalue weighted by Crippen LogP contribution is -2.07. The van der Waals surface area contributed by atoms with Crippen molar-refractivity contribution in [3.05, 3.63) is 90.1 Å². The first-order chi connectivity index (χ1) is 14.4. The molecule has 0 aliphatic rings. The third-order valence-electron chi connectivity index (χ3n) is 5.68. The van der Waals surface area contributed by atoms with Crippen LogP contribution in [0.3, 0.4) is 0 Å². The summed E-state index contributed by atoms with van der Waals surface area (Å²) in [6.45, 7) is 4.21. The number of halogens is 3. The van der Waals surface area contributed by atoms with Gasteiger partial charge in [-0.1, -0.05) is 68.4 Å². The van der Waals surface area contributed by atoms with Crippen molar-refractivity contribution in [2.24, 2.45) is 0 Å². The SMILES string of the molecule is CCC(C)c1ccc(-c2cc(-c3nccc4ccccc34)ccc2C(F)(F)F)cc1. The van der Waals surface area contributed by atoms with E-state index in [-0.39, 0.29) is 5.56 Å². The Balaban J connectivity index is 1.88. The van der Waals surface area contributed by atoms with Crippen LogP contribution in [0.2, 0.25) is 0 Å². The van der Waals surface area contributed by atoms with Crippen LogP contribution in [0, 0.1) is 0 Å². The van der Waals surface area contributed by atoms with E-state index in [4.69, 9.17) is 0 Å². The molecule has 0 N–H and O–H groups in total. The van der Waals surface area contributed by atoms with Gasteiger partial charge in [-0.3, -0.25) is 4.98 Å². The molecule has 0 radical (unpaired) electrons. The van der Waals surface area contributed by atoms with Gasteiger partial charge in [0.2, 0.25) is 0 Å². The zero-order valence-electron chi connectivity index (χ0n) is 16.9. The fourth-order valence-electron chi connectivity index (χ4n) is 3.75. The second-order valence-corrected chi connectivity index (χ2v) is 7.57. The molecule has 1 heterocycles. The minimum Gasteiger partial charge on any atom is -0.256 e. The minimum absolute atomic E-state index is 0.172. The Kier molecular flexibility index (Phi) is 5.33. The smallest absolute Gasteiger partial charge is 0.256 e. The van der Waals surface area contributed by atoms with Crippen molar-refractivity contribution in [1.82, 2.24) is 4.98 Å². The van der Waals surface area contributed by atoms with Crippen LogP contribution in [0.4, 0.5) is 13.2 Å². The van der Waals surface area contributed by atoms with Crippen molar-refractivity contribution < 1.29 is 13.2 Å². The molecule has 0 aliphatic carbocycles. The van der Waals surface area contributed by atoms with Crippen LogP contribution in [0.25, 0.3) is 33.2 Å². The molecule has 4 rings (SSSR count). The summed E-state index contributed by atoms with van der Waals surface area (Å²) < 4.78 is 41.3.